The Morgan fingerprint density at radius 3 is 2.76 bits per heavy atom. The number of hydrogen-bond donors (Lipinski definition) is 0. The minimum Gasteiger partial charge on any atom is -0.377 e. The lowest BCUT2D eigenvalue weighted by Crippen LogP contribution is -2.41. The Hall–Kier alpha value is -3.26. The maximum atomic E-state index is 5.90. The highest BCUT2D eigenvalue weighted by Crippen LogP contribution is 2.34. The third-order valence-electron chi connectivity index (χ3n) is 5.47. The summed E-state index contributed by atoms with van der Waals surface area (Å²) in [4.78, 5) is 11.1. The number of aromatic nitrogens is 6. The van der Waals surface area contributed by atoms with Crippen LogP contribution in [0, 0.1) is 20.8 Å². The third kappa shape index (κ3) is 2.96. The first-order valence-corrected chi connectivity index (χ1v) is 9.77. The Bertz CT molecular complexity index is 1160. The van der Waals surface area contributed by atoms with Crippen LogP contribution in [0.1, 0.15) is 28.7 Å². The van der Waals surface area contributed by atoms with Crippen LogP contribution in [0.5, 0.6) is 0 Å². The molecule has 5 rings (SSSR count). The normalized spacial score (nSPS) is 17.2. The van der Waals surface area contributed by atoms with Gasteiger partial charge in [0.05, 0.1) is 30.6 Å². The minimum atomic E-state index is 0.0374. The standard InChI is InChI=1S/C21H23N7O/c1-14-11-19(28-21(24-14)22-13-23-28)26-9-10-29-12-18(26)20-15(2)25-27(16(20)3)17-7-5-4-6-8-17/h4-8,11,13,18H,9-10,12H2,1-3H3/t18-/m0/s1. The van der Waals surface area contributed by atoms with Crippen molar-refractivity contribution in [3.05, 3.63) is 65.4 Å². The number of anilines is 1. The first kappa shape index (κ1) is 17.8. The van der Waals surface area contributed by atoms with Crippen LogP contribution < -0.4 is 4.90 Å². The third-order valence-corrected chi connectivity index (χ3v) is 5.47. The summed E-state index contributed by atoms with van der Waals surface area (Å²) < 4.78 is 9.71. The van der Waals surface area contributed by atoms with Crippen molar-refractivity contribution in [1.29, 1.82) is 0 Å². The summed E-state index contributed by atoms with van der Waals surface area (Å²) in [6.45, 7) is 8.20. The number of hydrogen-bond acceptors (Lipinski definition) is 6. The summed E-state index contributed by atoms with van der Waals surface area (Å²) in [6, 6.07) is 12.3. The van der Waals surface area contributed by atoms with Crippen LogP contribution in [-0.4, -0.2) is 49.1 Å². The van der Waals surface area contributed by atoms with Crippen molar-refractivity contribution in [2.24, 2.45) is 0 Å². The lowest BCUT2D eigenvalue weighted by atomic mass is 10.0. The topological polar surface area (TPSA) is 73.4 Å². The van der Waals surface area contributed by atoms with Crippen molar-refractivity contribution in [1.82, 2.24) is 29.4 Å². The first-order valence-electron chi connectivity index (χ1n) is 9.77. The van der Waals surface area contributed by atoms with Crippen molar-refractivity contribution >= 4 is 11.6 Å². The second-order valence-electron chi connectivity index (χ2n) is 7.34. The quantitative estimate of drug-likeness (QED) is 0.536. The van der Waals surface area contributed by atoms with Crippen LogP contribution in [0.2, 0.25) is 0 Å². The van der Waals surface area contributed by atoms with Gasteiger partial charge in [-0.3, -0.25) is 0 Å². The molecule has 4 heterocycles. The average Bonchev–Trinajstić information content (AvgIpc) is 3.32. The summed E-state index contributed by atoms with van der Waals surface area (Å²) in [5.41, 5.74) is 5.29. The van der Waals surface area contributed by atoms with Gasteiger partial charge < -0.3 is 9.64 Å². The average molecular weight is 389 g/mol. The van der Waals surface area contributed by atoms with Gasteiger partial charge in [0.1, 0.15) is 12.1 Å². The molecular weight excluding hydrogens is 366 g/mol. The summed E-state index contributed by atoms with van der Waals surface area (Å²) in [6.07, 6.45) is 1.55. The SMILES string of the molecule is Cc1cc(N2CCOC[C@H]2c2c(C)nn(-c3ccccc3)c2C)n2ncnc2n1. The zero-order valence-corrected chi connectivity index (χ0v) is 16.8. The predicted molar refractivity (Wildman–Crippen MR) is 109 cm³/mol. The Morgan fingerprint density at radius 2 is 1.93 bits per heavy atom. The number of para-hydroxylation sites is 1. The van der Waals surface area contributed by atoms with Crippen molar-refractivity contribution in [2.75, 3.05) is 24.7 Å². The van der Waals surface area contributed by atoms with E-state index in [-0.39, 0.29) is 6.04 Å². The molecule has 1 fully saturated rings. The van der Waals surface area contributed by atoms with Crippen LogP contribution in [0.4, 0.5) is 5.82 Å². The molecule has 8 heteroatoms. The van der Waals surface area contributed by atoms with Gasteiger partial charge in [0.15, 0.2) is 0 Å². The fraction of sp³-hybridized carbons (Fsp3) is 0.333. The zero-order chi connectivity index (χ0) is 20.0. The van der Waals surface area contributed by atoms with Gasteiger partial charge in [0, 0.05) is 29.6 Å². The van der Waals surface area contributed by atoms with E-state index in [1.165, 1.54) is 5.56 Å². The number of rotatable bonds is 3. The number of nitrogens with zero attached hydrogens (tertiary/aromatic N) is 7. The molecule has 1 aromatic carbocycles. The minimum absolute atomic E-state index is 0.0374. The molecule has 0 unspecified atom stereocenters. The van der Waals surface area contributed by atoms with Crippen molar-refractivity contribution in [3.63, 3.8) is 0 Å². The van der Waals surface area contributed by atoms with Gasteiger partial charge in [0.25, 0.3) is 5.78 Å². The van der Waals surface area contributed by atoms with Crippen LogP contribution in [0.15, 0.2) is 42.7 Å². The van der Waals surface area contributed by atoms with E-state index < -0.39 is 0 Å². The molecule has 1 atom stereocenters. The van der Waals surface area contributed by atoms with Crippen molar-refractivity contribution < 1.29 is 4.74 Å². The van der Waals surface area contributed by atoms with E-state index in [4.69, 9.17) is 9.84 Å². The van der Waals surface area contributed by atoms with Gasteiger partial charge in [-0.2, -0.15) is 19.7 Å². The van der Waals surface area contributed by atoms with Gasteiger partial charge in [-0.1, -0.05) is 18.2 Å². The van der Waals surface area contributed by atoms with Gasteiger partial charge in [0.2, 0.25) is 0 Å². The molecule has 4 aromatic rings. The molecule has 3 aromatic heterocycles. The van der Waals surface area contributed by atoms with Gasteiger partial charge >= 0.3 is 0 Å². The summed E-state index contributed by atoms with van der Waals surface area (Å²) in [5.74, 6) is 1.59. The van der Waals surface area contributed by atoms with Crippen LogP contribution in [-0.2, 0) is 4.74 Å². The summed E-state index contributed by atoms with van der Waals surface area (Å²) in [5, 5.41) is 9.24. The van der Waals surface area contributed by atoms with Crippen LogP contribution in [0.3, 0.4) is 0 Å². The number of ether oxygens (including phenoxy) is 1. The molecule has 8 nitrogen and oxygen atoms in total. The number of morpholine rings is 1. The molecule has 1 aliphatic heterocycles. The second kappa shape index (κ2) is 6.97. The molecule has 1 saturated heterocycles. The van der Waals surface area contributed by atoms with E-state index in [2.05, 4.69) is 52.0 Å². The fourth-order valence-electron chi connectivity index (χ4n) is 4.19. The van der Waals surface area contributed by atoms with E-state index in [0.29, 0.717) is 19.0 Å². The molecule has 0 saturated carbocycles. The molecule has 0 aliphatic carbocycles. The predicted octanol–water partition coefficient (Wildman–Crippen LogP) is 2.81. The highest BCUT2D eigenvalue weighted by molar-refractivity contribution is 5.51. The van der Waals surface area contributed by atoms with Gasteiger partial charge in [-0.15, -0.1) is 0 Å². The Labute approximate surface area is 168 Å². The molecular formula is C21H23N7O. The van der Waals surface area contributed by atoms with Crippen molar-refractivity contribution in [2.45, 2.75) is 26.8 Å². The Morgan fingerprint density at radius 1 is 1.10 bits per heavy atom. The van der Waals surface area contributed by atoms with Gasteiger partial charge in [-0.25, -0.2) is 9.67 Å². The van der Waals surface area contributed by atoms with Crippen LogP contribution in [0.25, 0.3) is 11.5 Å². The highest BCUT2D eigenvalue weighted by atomic mass is 16.5. The molecule has 29 heavy (non-hydrogen) atoms. The van der Waals surface area contributed by atoms with Gasteiger partial charge in [-0.05, 0) is 32.9 Å². The lowest BCUT2D eigenvalue weighted by molar-refractivity contribution is 0.0931. The summed E-state index contributed by atoms with van der Waals surface area (Å²) >= 11 is 0. The summed E-state index contributed by atoms with van der Waals surface area (Å²) in [7, 11) is 0. The molecule has 148 valence electrons. The maximum Gasteiger partial charge on any atom is 0.254 e. The lowest BCUT2D eigenvalue weighted by Gasteiger charge is -2.37. The fourth-order valence-corrected chi connectivity index (χ4v) is 4.19. The van der Waals surface area contributed by atoms with E-state index in [1.807, 2.05) is 29.8 Å². The zero-order valence-electron chi connectivity index (χ0n) is 16.8. The highest BCUT2D eigenvalue weighted by Gasteiger charge is 2.32. The van der Waals surface area contributed by atoms with E-state index in [1.54, 1.807) is 10.8 Å². The van der Waals surface area contributed by atoms with E-state index >= 15 is 0 Å². The molecule has 0 bridgehead atoms. The Balaban J connectivity index is 1.63. The first-order chi connectivity index (χ1) is 14.1. The molecule has 0 N–H and O–H groups in total. The molecule has 1 aliphatic rings. The monoisotopic (exact) mass is 389 g/mol. The molecule has 0 amide bonds. The Kier molecular flexibility index (Phi) is 4.28. The smallest absolute Gasteiger partial charge is 0.254 e. The van der Waals surface area contributed by atoms with E-state index in [9.17, 15) is 0 Å². The molecule has 0 radical (unpaired) electrons. The number of benzene rings is 1. The molecule has 0 spiro atoms. The largest absolute Gasteiger partial charge is 0.377 e. The number of fused-ring (bicyclic) bond motifs is 1. The second-order valence-corrected chi connectivity index (χ2v) is 7.34. The maximum absolute atomic E-state index is 5.90. The van der Waals surface area contributed by atoms with E-state index in [0.717, 1.165) is 35.1 Å². The van der Waals surface area contributed by atoms with Crippen molar-refractivity contribution in [3.8, 4) is 5.69 Å². The number of aryl methyl sites for hydroxylation is 2. The van der Waals surface area contributed by atoms with Crippen LogP contribution >= 0.6 is 0 Å².